The number of hydrogen-bond acceptors (Lipinski definition) is 3. The van der Waals surface area contributed by atoms with E-state index >= 15 is 0 Å². The predicted molar refractivity (Wildman–Crippen MR) is 88.4 cm³/mol. The van der Waals surface area contributed by atoms with Gasteiger partial charge in [-0.2, -0.15) is 0 Å². The molecule has 1 fully saturated rings. The van der Waals surface area contributed by atoms with Crippen LogP contribution in [-0.2, 0) is 4.79 Å². The molecule has 0 radical (unpaired) electrons. The monoisotopic (exact) mass is 319 g/mol. The number of para-hydroxylation sites is 1. The number of carbonyl (C=O) groups is 2. The molecule has 1 saturated heterocycles. The van der Waals surface area contributed by atoms with Gasteiger partial charge in [0.05, 0.1) is 13.0 Å². The Labute approximate surface area is 137 Å². The third-order valence-electron chi connectivity index (χ3n) is 3.77. The molecule has 126 valence electrons. The smallest absolute Gasteiger partial charge is 0.317 e. The van der Waals surface area contributed by atoms with Gasteiger partial charge in [0.2, 0.25) is 5.91 Å². The number of nitrogens with one attached hydrogen (secondary N) is 1. The first-order valence-corrected chi connectivity index (χ1v) is 8.19. The summed E-state index contributed by atoms with van der Waals surface area (Å²) in [5.41, 5.74) is 0. The molecule has 0 aromatic heterocycles. The number of nitrogens with zero attached hydrogens (tertiary/aromatic N) is 2. The zero-order chi connectivity index (χ0) is 16.5. The molecular formula is C17H25N3O3. The average Bonchev–Trinajstić information content (AvgIpc) is 2.60. The van der Waals surface area contributed by atoms with Gasteiger partial charge in [-0.1, -0.05) is 25.1 Å². The zero-order valence-corrected chi connectivity index (χ0v) is 13.7. The van der Waals surface area contributed by atoms with Crippen LogP contribution in [0.4, 0.5) is 4.79 Å². The zero-order valence-electron chi connectivity index (χ0n) is 13.7. The molecule has 0 spiro atoms. The highest BCUT2D eigenvalue weighted by molar-refractivity contribution is 5.77. The van der Waals surface area contributed by atoms with Crippen molar-refractivity contribution < 1.29 is 14.3 Å². The molecule has 0 bridgehead atoms. The summed E-state index contributed by atoms with van der Waals surface area (Å²) >= 11 is 0. The first-order chi connectivity index (χ1) is 11.2. The summed E-state index contributed by atoms with van der Waals surface area (Å²) in [7, 11) is 0. The van der Waals surface area contributed by atoms with E-state index in [2.05, 4.69) is 5.32 Å². The fraction of sp³-hybridized carbons (Fsp3) is 0.529. The van der Waals surface area contributed by atoms with Crippen molar-refractivity contribution in [3.63, 3.8) is 0 Å². The maximum Gasteiger partial charge on any atom is 0.317 e. The Bertz CT molecular complexity index is 499. The second kappa shape index (κ2) is 9.02. The summed E-state index contributed by atoms with van der Waals surface area (Å²) in [6, 6.07) is 9.44. The van der Waals surface area contributed by atoms with Gasteiger partial charge in [-0.3, -0.25) is 4.79 Å². The number of hydrogen-bond donors (Lipinski definition) is 1. The Morgan fingerprint density at radius 2 is 1.74 bits per heavy atom. The number of ether oxygens (including phenoxy) is 1. The van der Waals surface area contributed by atoms with Crippen LogP contribution in [0.2, 0.25) is 0 Å². The highest BCUT2D eigenvalue weighted by Gasteiger charge is 2.23. The van der Waals surface area contributed by atoms with Gasteiger partial charge < -0.3 is 19.9 Å². The van der Waals surface area contributed by atoms with Gasteiger partial charge in [0.1, 0.15) is 5.75 Å². The van der Waals surface area contributed by atoms with E-state index in [1.54, 1.807) is 9.80 Å². The van der Waals surface area contributed by atoms with Crippen molar-refractivity contribution in [3.8, 4) is 5.75 Å². The van der Waals surface area contributed by atoms with Gasteiger partial charge in [0, 0.05) is 32.7 Å². The highest BCUT2D eigenvalue weighted by atomic mass is 16.5. The van der Waals surface area contributed by atoms with Crippen LogP contribution in [0.5, 0.6) is 5.75 Å². The lowest BCUT2D eigenvalue weighted by molar-refractivity contribution is -0.133. The van der Waals surface area contributed by atoms with Gasteiger partial charge in [-0.05, 0) is 18.6 Å². The Balaban J connectivity index is 1.66. The molecule has 0 aliphatic carbocycles. The van der Waals surface area contributed by atoms with Crippen molar-refractivity contribution >= 4 is 11.9 Å². The van der Waals surface area contributed by atoms with E-state index in [1.807, 2.05) is 37.3 Å². The number of carbonyl (C=O) groups excluding carboxylic acids is 2. The van der Waals surface area contributed by atoms with Crippen molar-refractivity contribution in [2.75, 3.05) is 39.3 Å². The topological polar surface area (TPSA) is 61.9 Å². The number of piperazine rings is 1. The van der Waals surface area contributed by atoms with Crippen LogP contribution in [0.1, 0.15) is 19.8 Å². The minimum atomic E-state index is -0.0358. The van der Waals surface area contributed by atoms with Crippen LogP contribution in [0.3, 0.4) is 0 Å². The summed E-state index contributed by atoms with van der Waals surface area (Å²) < 4.78 is 5.55. The molecule has 0 atom stereocenters. The van der Waals surface area contributed by atoms with Gasteiger partial charge in [-0.15, -0.1) is 0 Å². The molecule has 0 unspecified atom stereocenters. The number of benzene rings is 1. The summed E-state index contributed by atoms with van der Waals surface area (Å²) in [4.78, 5) is 27.6. The molecule has 3 amide bonds. The summed E-state index contributed by atoms with van der Waals surface area (Å²) in [5.74, 6) is 0.854. The number of amides is 3. The van der Waals surface area contributed by atoms with Crippen molar-refractivity contribution in [2.45, 2.75) is 19.8 Å². The second-order valence-electron chi connectivity index (χ2n) is 5.51. The first kappa shape index (κ1) is 17.1. The molecule has 1 heterocycles. The Morgan fingerprint density at radius 1 is 1.09 bits per heavy atom. The molecule has 0 saturated carbocycles. The second-order valence-corrected chi connectivity index (χ2v) is 5.51. The van der Waals surface area contributed by atoms with Gasteiger partial charge in [-0.25, -0.2) is 4.79 Å². The van der Waals surface area contributed by atoms with Crippen LogP contribution in [0.25, 0.3) is 0 Å². The lowest BCUT2D eigenvalue weighted by Crippen LogP contribution is -2.53. The van der Waals surface area contributed by atoms with Crippen molar-refractivity contribution in [1.82, 2.24) is 15.1 Å². The fourth-order valence-electron chi connectivity index (χ4n) is 2.43. The number of rotatable bonds is 6. The normalized spacial score (nSPS) is 14.5. The first-order valence-electron chi connectivity index (χ1n) is 8.19. The van der Waals surface area contributed by atoms with Crippen molar-refractivity contribution in [3.05, 3.63) is 30.3 Å². The van der Waals surface area contributed by atoms with E-state index in [0.717, 1.165) is 12.2 Å². The van der Waals surface area contributed by atoms with Gasteiger partial charge >= 0.3 is 6.03 Å². The Hall–Kier alpha value is -2.24. The van der Waals surface area contributed by atoms with E-state index in [9.17, 15) is 9.59 Å². The average molecular weight is 319 g/mol. The SMILES string of the molecule is CCCNC(=O)N1CCN(C(=O)CCOc2ccccc2)CC1. The molecule has 1 aliphatic rings. The lowest BCUT2D eigenvalue weighted by atomic mass is 10.3. The minimum Gasteiger partial charge on any atom is -0.493 e. The van der Waals surface area contributed by atoms with Gasteiger partial charge in [0.15, 0.2) is 0 Å². The Kier molecular flexibility index (Phi) is 6.72. The standard InChI is InChI=1S/C17H25N3O3/c1-2-9-18-17(22)20-12-10-19(11-13-20)16(21)8-14-23-15-6-4-3-5-7-15/h3-7H,2,8-14H2,1H3,(H,18,22). The summed E-state index contributed by atoms with van der Waals surface area (Å²) in [6.45, 7) is 5.43. The van der Waals surface area contributed by atoms with Crippen molar-refractivity contribution in [2.24, 2.45) is 0 Å². The van der Waals surface area contributed by atoms with E-state index in [4.69, 9.17) is 4.74 Å². The maximum absolute atomic E-state index is 12.2. The Morgan fingerprint density at radius 3 is 2.39 bits per heavy atom. The number of urea groups is 1. The molecule has 2 rings (SSSR count). The van der Waals surface area contributed by atoms with Crippen LogP contribution in [0.15, 0.2) is 30.3 Å². The largest absolute Gasteiger partial charge is 0.493 e. The van der Waals surface area contributed by atoms with E-state index in [0.29, 0.717) is 45.8 Å². The van der Waals surface area contributed by atoms with E-state index < -0.39 is 0 Å². The minimum absolute atomic E-state index is 0.0358. The van der Waals surface area contributed by atoms with Gasteiger partial charge in [0.25, 0.3) is 0 Å². The molecule has 1 aromatic carbocycles. The molecule has 23 heavy (non-hydrogen) atoms. The van der Waals surface area contributed by atoms with Crippen LogP contribution >= 0.6 is 0 Å². The quantitative estimate of drug-likeness (QED) is 0.868. The van der Waals surface area contributed by atoms with Crippen LogP contribution in [-0.4, -0.2) is 61.1 Å². The summed E-state index contributed by atoms with van der Waals surface area (Å²) in [6.07, 6.45) is 1.28. The summed E-state index contributed by atoms with van der Waals surface area (Å²) in [5, 5.41) is 2.86. The van der Waals surface area contributed by atoms with E-state index in [-0.39, 0.29) is 11.9 Å². The predicted octanol–water partition coefficient (Wildman–Crippen LogP) is 1.72. The highest BCUT2D eigenvalue weighted by Crippen LogP contribution is 2.09. The van der Waals surface area contributed by atoms with Crippen molar-refractivity contribution in [1.29, 1.82) is 0 Å². The third-order valence-corrected chi connectivity index (χ3v) is 3.77. The molecule has 6 heteroatoms. The lowest BCUT2D eigenvalue weighted by Gasteiger charge is -2.34. The van der Waals surface area contributed by atoms with E-state index in [1.165, 1.54) is 0 Å². The molecule has 1 N–H and O–H groups in total. The van der Waals surface area contributed by atoms with Crippen LogP contribution in [0, 0.1) is 0 Å². The molecular weight excluding hydrogens is 294 g/mol. The molecule has 1 aromatic rings. The third kappa shape index (κ3) is 5.47. The maximum atomic E-state index is 12.2. The van der Waals surface area contributed by atoms with Crippen LogP contribution < -0.4 is 10.1 Å². The fourth-order valence-corrected chi connectivity index (χ4v) is 2.43. The molecule has 6 nitrogen and oxygen atoms in total. The molecule has 1 aliphatic heterocycles.